The van der Waals surface area contributed by atoms with Crippen molar-refractivity contribution in [2.75, 3.05) is 26.2 Å². The molecule has 0 atom stereocenters. The molecule has 7 heteroatoms. The Bertz CT molecular complexity index is 987. The normalized spacial score (nSPS) is 19.5. The van der Waals surface area contributed by atoms with E-state index in [4.69, 9.17) is 4.98 Å². The predicted octanol–water partition coefficient (Wildman–Crippen LogP) is 3.87. The summed E-state index contributed by atoms with van der Waals surface area (Å²) in [7, 11) is 2.06. The number of carbonyl (C=O) groups is 2. The van der Waals surface area contributed by atoms with Gasteiger partial charge < -0.3 is 9.47 Å². The van der Waals surface area contributed by atoms with E-state index in [2.05, 4.69) is 50.3 Å². The van der Waals surface area contributed by atoms with E-state index in [1.54, 1.807) is 0 Å². The molecule has 4 rings (SSSR count). The minimum Gasteiger partial charge on any atom is -0.330 e. The average molecular weight is 440 g/mol. The highest BCUT2D eigenvalue weighted by molar-refractivity contribution is 6.07. The first-order valence-electron chi connectivity index (χ1n) is 12.0. The van der Waals surface area contributed by atoms with E-state index >= 15 is 0 Å². The van der Waals surface area contributed by atoms with Crippen molar-refractivity contribution in [3.05, 3.63) is 30.1 Å². The smallest absolute Gasteiger partial charge is 0.327 e. The van der Waals surface area contributed by atoms with Crippen LogP contribution in [0.1, 0.15) is 52.8 Å². The van der Waals surface area contributed by atoms with Crippen LogP contribution in [0.3, 0.4) is 0 Å². The molecular weight excluding hydrogens is 402 g/mol. The SMILES string of the molecule is CC(C)CCN1C(=O)N(CC(C)C)C(=O)C12CCN(Cc1nc3ccccc3n1C)CC2. The molecule has 2 aromatic rings. The van der Waals surface area contributed by atoms with Crippen LogP contribution in [0.15, 0.2) is 24.3 Å². The summed E-state index contributed by atoms with van der Waals surface area (Å²) in [5, 5.41) is 0. The molecule has 0 N–H and O–H groups in total. The van der Waals surface area contributed by atoms with Crippen LogP contribution in [0.5, 0.6) is 0 Å². The van der Waals surface area contributed by atoms with Crippen LogP contribution in [-0.4, -0.2) is 67.9 Å². The molecule has 0 unspecified atom stereocenters. The van der Waals surface area contributed by atoms with Gasteiger partial charge in [-0.2, -0.15) is 0 Å². The van der Waals surface area contributed by atoms with Gasteiger partial charge in [-0.3, -0.25) is 14.6 Å². The fourth-order valence-corrected chi connectivity index (χ4v) is 5.11. The highest BCUT2D eigenvalue weighted by Gasteiger charge is 2.57. The molecule has 0 aliphatic carbocycles. The molecule has 2 aliphatic rings. The van der Waals surface area contributed by atoms with E-state index in [1.807, 2.05) is 23.1 Å². The van der Waals surface area contributed by atoms with Crippen molar-refractivity contribution in [1.29, 1.82) is 0 Å². The molecular formula is C25H37N5O2. The van der Waals surface area contributed by atoms with Gasteiger partial charge in [-0.1, -0.05) is 39.8 Å². The molecule has 3 amide bonds. The number of para-hydroxylation sites is 2. The largest absolute Gasteiger partial charge is 0.330 e. The lowest BCUT2D eigenvalue weighted by Gasteiger charge is -2.42. The maximum Gasteiger partial charge on any atom is 0.327 e. The van der Waals surface area contributed by atoms with Crippen molar-refractivity contribution >= 4 is 23.0 Å². The van der Waals surface area contributed by atoms with E-state index in [9.17, 15) is 9.59 Å². The Hall–Kier alpha value is -2.41. The van der Waals surface area contributed by atoms with Crippen molar-refractivity contribution in [2.24, 2.45) is 18.9 Å². The molecule has 2 fully saturated rings. The summed E-state index contributed by atoms with van der Waals surface area (Å²) >= 11 is 0. The second-order valence-corrected chi connectivity index (χ2v) is 10.3. The summed E-state index contributed by atoms with van der Waals surface area (Å²) in [5.74, 6) is 1.81. The molecule has 1 aromatic carbocycles. The third-order valence-corrected chi connectivity index (χ3v) is 7.03. The number of hydrogen-bond donors (Lipinski definition) is 0. The van der Waals surface area contributed by atoms with Gasteiger partial charge in [0.15, 0.2) is 0 Å². The van der Waals surface area contributed by atoms with Gasteiger partial charge in [-0.05, 0) is 43.2 Å². The Morgan fingerprint density at radius 2 is 1.72 bits per heavy atom. The number of benzene rings is 1. The van der Waals surface area contributed by atoms with E-state index in [0.717, 1.165) is 42.9 Å². The second kappa shape index (κ2) is 8.85. The lowest BCUT2D eigenvalue weighted by Crippen LogP contribution is -2.56. The molecule has 32 heavy (non-hydrogen) atoms. The van der Waals surface area contributed by atoms with Gasteiger partial charge in [0.1, 0.15) is 11.4 Å². The zero-order chi connectivity index (χ0) is 23.0. The quantitative estimate of drug-likeness (QED) is 0.615. The van der Waals surface area contributed by atoms with Gasteiger partial charge in [0.25, 0.3) is 5.91 Å². The van der Waals surface area contributed by atoms with E-state index in [1.165, 1.54) is 4.90 Å². The van der Waals surface area contributed by atoms with Gasteiger partial charge in [0.05, 0.1) is 17.6 Å². The van der Waals surface area contributed by atoms with Crippen LogP contribution in [-0.2, 0) is 18.4 Å². The molecule has 7 nitrogen and oxygen atoms in total. The number of hydrogen-bond acceptors (Lipinski definition) is 4. The number of imidazole rings is 1. The third kappa shape index (κ3) is 4.03. The fraction of sp³-hybridized carbons (Fsp3) is 0.640. The number of fused-ring (bicyclic) bond motifs is 1. The van der Waals surface area contributed by atoms with Gasteiger partial charge in [-0.25, -0.2) is 9.78 Å². The lowest BCUT2D eigenvalue weighted by molar-refractivity contribution is -0.136. The predicted molar refractivity (Wildman–Crippen MR) is 126 cm³/mol. The Balaban J connectivity index is 1.51. The zero-order valence-corrected chi connectivity index (χ0v) is 20.2. The summed E-state index contributed by atoms with van der Waals surface area (Å²) in [5.41, 5.74) is 1.47. The maximum atomic E-state index is 13.5. The first-order valence-corrected chi connectivity index (χ1v) is 12.0. The van der Waals surface area contributed by atoms with Crippen molar-refractivity contribution in [2.45, 2.75) is 59.0 Å². The Morgan fingerprint density at radius 1 is 1.03 bits per heavy atom. The molecule has 1 spiro atoms. The molecule has 1 aromatic heterocycles. The number of aryl methyl sites for hydroxylation is 1. The number of rotatable bonds is 7. The highest BCUT2D eigenvalue weighted by atomic mass is 16.2. The first-order chi connectivity index (χ1) is 15.2. The fourth-order valence-electron chi connectivity index (χ4n) is 5.11. The average Bonchev–Trinajstić information content (AvgIpc) is 3.16. The summed E-state index contributed by atoms with van der Waals surface area (Å²) < 4.78 is 2.16. The molecule has 3 heterocycles. The topological polar surface area (TPSA) is 61.7 Å². The number of amides is 3. The van der Waals surface area contributed by atoms with Crippen molar-refractivity contribution in [1.82, 2.24) is 24.3 Å². The lowest BCUT2D eigenvalue weighted by atomic mass is 9.85. The van der Waals surface area contributed by atoms with Gasteiger partial charge in [0.2, 0.25) is 0 Å². The molecule has 0 radical (unpaired) electrons. The molecule has 0 bridgehead atoms. The minimum atomic E-state index is -0.677. The summed E-state index contributed by atoms with van der Waals surface area (Å²) in [6.45, 7) is 11.9. The van der Waals surface area contributed by atoms with Gasteiger partial charge in [0, 0.05) is 33.2 Å². The van der Waals surface area contributed by atoms with Crippen LogP contribution in [0.4, 0.5) is 4.79 Å². The number of likely N-dealkylation sites (tertiary alicyclic amines) is 1. The van der Waals surface area contributed by atoms with Crippen molar-refractivity contribution in [3.63, 3.8) is 0 Å². The number of urea groups is 1. The van der Waals surface area contributed by atoms with Gasteiger partial charge in [-0.15, -0.1) is 0 Å². The zero-order valence-electron chi connectivity index (χ0n) is 20.2. The molecule has 174 valence electrons. The summed E-state index contributed by atoms with van der Waals surface area (Å²) in [4.78, 5) is 37.4. The summed E-state index contributed by atoms with van der Waals surface area (Å²) in [6, 6.07) is 8.10. The standard InChI is InChI=1S/C25H37N5O2/c1-18(2)10-13-30-24(32)29(16-19(3)4)23(31)25(30)11-14-28(15-12-25)17-22-26-20-8-6-7-9-21(20)27(22)5/h6-9,18-19H,10-17H2,1-5H3. The number of nitrogens with zero attached hydrogens (tertiary/aromatic N) is 5. The Morgan fingerprint density at radius 3 is 2.34 bits per heavy atom. The second-order valence-electron chi connectivity index (χ2n) is 10.3. The molecule has 2 aliphatic heterocycles. The van der Waals surface area contributed by atoms with Crippen LogP contribution in [0, 0.1) is 11.8 Å². The van der Waals surface area contributed by atoms with E-state index in [-0.39, 0.29) is 17.9 Å². The van der Waals surface area contributed by atoms with Crippen LogP contribution < -0.4 is 0 Å². The number of aromatic nitrogens is 2. The van der Waals surface area contributed by atoms with Crippen molar-refractivity contribution < 1.29 is 9.59 Å². The van der Waals surface area contributed by atoms with E-state index in [0.29, 0.717) is 31.8 Å². The van der Waals surface area contributed by atoms with Crippen molar-refractivity contribution in [3.8, 4) is 0 Å². The monoisotopic (exact) mass is 439 g/mol. The van der Waals surface area contributed by atoms with Crippen LogP contribution in [0.2, 0.25) is 0 Å². The van der Waals surface area contributed by atoms with Crippen LogP contribution >= 0.6 is 0 Å². The Labute approximate surface area is 191 Å². The number of piperidine rings is 1. The Kier molecular flexibility index (Phi) is 6.30. The highest BCUT2D eigenvalue weighted by Crippen LogP contribution is 2.38. The minimum absolute atomic E-state index is 0.0161. The van der Waals surface area contributed by atoms with Gasteiger partial charge >= 0.3 is 6.03 Å². The number of carbonyl (C=O) groups excluding carboxylic acids is 2. The van der Waals surface area contributed by atoms with E-state index < -0.39 is 5.54 Å². The number of imide groups is 1. The maximum absolute atomic E-state index is 13.5. The third-order valence-electron chi connectivity index (χ3n) is 7.03. The molecule has 0 saturated carbocycles. The first kappa shape index (κ1) is 22.8. The molecule has 2 saturated heterocycles. The summed E-state index contributed by atoms with van der Waals surface area (Å²) in [6.07, 6.45) is 2.29. The van der Waals surface area contributed by atoms with Crippen LogP contribution in [0.25, 0.3) is 11.0 Å².